The van der Waals surface area contributed by atoms with Crippen molar-refractivity contribution < 1.29 is 0 Å². The molecule has 5 heteroatoms. The number of nitrogens with zero attached hydrogens (tertiary/aromatic N) is 3. The van der Waals surface area contributed by atoms with Gasteiger partial charge < -0.3 is 5.32 Å². The number of nitrogens with one attached hydrogen (secondary N) is 1. The summed E-state index contributed by atoms with van der Waals surface area (Å²) >= 11 is 6.04. The summed E-state index contributed by atoms with van der Waals surface area (Å²) in [6.45, 7) is 4.08. The maximum absolute atomic E-state index is 6.04. The van der Waals surface area contributed by atoms with Gasteiger partial charge in [-0.3, -0.25) is 0 Å². The zero-order valence-corrected chi connectivity index (χ0v) is 15.5. The van der Waals surface area contributed by atoms with Gasteiger partial charge in [0.25, 0.3) is 0 Å². The molecule has 2 aromatic heterocycles. The predicted octanol–water partition coefficient (Wildman–Crippen LogP) is 5.41. The number of benzene rings is 1. The van der Waals surface area contributed by atoms with Crippen molar-refractivity contribution in [2.45, 2.75) is 52.0 Å². The van der Waals surface area contributed by atoms with E-state index in [1.54, 1.807) is 0 Å². The summed E-state index contributed by atoms with van der Waals surface area (Å²) in [7, 11) is 0. The maximum Gasteiger partial charge on any atom is 0.165 e. The van der Waals surface area contributed by atoms with Gasteiger partial charge in [-0.1, -0.05) is 43.0 Å². The topological polar surface area (TPSA) is 42.2 Å². The average molecular weight is 355 g/mol. The number of anilines is 1. The van der Waals surface area contributed by atoms with Gasteiger partial charge in [0, 0.05) is 28.4 Å². The molecule has 1 fully saturated rings. The molecule has 3 aromatic rings. The van der Waals surface area contributed by atoms with Gasteiger partial charge in [-0.25, -0.2) is 4.98 Å². The third-order valence-corrected chi connectivity index (χ3v) is 5.23. The van der Waals surface area contributed by atoms with E-state index in [-0.39, 0.29) is 0 Å². The third kappa shape index (κ3) is 3.23. The van der Waals surface area contributed by atoms with Crippen molar-refractivity contribution in [3.8, 4) is 11.1 Å². The molecule has 0 amide bonds. The van der Waals surface area contributed by atoms with Crippen LogP contribution >= 0.6 is 11.6 Å². The molecular weight excluding hydrogens is 332 g/mol. The van der Waals surface area contributed by atoms with Crippen LogP contribution in [0, 0.1) is 13.8 Å². The van der Waals surface area contributed by atoms with Gasteiger partial charge in [0.05, 0.1) is 5.69 Å². The van der Waals surface area contributed by atoms with Crippen molar-refractivity contribution in [1.82, 2.24) is 14.6 Å². The number of hydrogen-bond donors (Lipinski definition) is 1. The summed E-state index contributed by atoms with van der Waals surface area (Å²) < 4.78 is 1.96. The largest absolute Gasteiger partial charge is 0.367 e. The van der Waals surface area contributed by atoms with Crippen LogP contribution in [0.15, 0.2) is 30.3 Å². The average Bonchev–Trinajstić information content (AvgIpc) is 2.93. The van der Waals surface area contributed by atoms with Crippen molar-refractivity contribution >= 4 is 23.1 Å². The molecule has 1 aliphatic carbocycles. The monoisotopic (exact) mass is 354 g/mol. The van der Waals surface area contributed by atoms with Crippen LogP contribution in [0.3, 0.4) is 0 Å². The fourth-order valence-corrected chi connectivity index (χ4v) is 3.88. The van der Waals surface area contributed by atoms with Crippen LogP contribution in [0.5, 0.6) is 0 Å². The Balaban J connectivity index is 1.80. The Bertz CT molecular complexity index is 892. The third-order valence-electron chi connectivity index (χ3n) is 4.98. The van der Waals surface area contributed by atoms with Gasteiger partial charge in [0.15, 0.2) is 5.65 Å². The van der Waals surface area contributed by atoms with Crippen LogP contribution in [0.25, 0.3) is 16.8 Å². The fraction of sp³-hybridized carbons (Fsp3) is 0.400. The number of hydrogen-bond acceptors (Lipinski definition) is 3. The van der Waals surface area contributed by atoms with E-state index in [2.05, 4.69) is 11.4 Å². The second-order valence-corrected chi connectivity index (χ2v) is 7.40. The lowest BCUT2D eigenvalue weighted by Gasteiger charge is -2.24. The first-order valence-corrected chi connectivity index (χ1v) is 9.39. The zero-order valence-electron chi connectivity index (χ0n) is 14.7. The van der Waals surface area contributed by atoms with E-state index in [1.807, 2.05) is 42.6 Å². The molecule has 1 aliphatic rings. The lowest BCUT2D eigenvalue weighted by molar-refractivity contribution is 0.461. The summed E-state index contributed by atoms with van der Waals surface area (Å²) in [5.74, 6) is 1.04. The summed E-state index contributed by atoms with van der Waals surface area (Å²) in [4.78, 5) is 4.78. The standard InChI is InChI=1S/C20H23ClN4/c1-13-12-18(23-17-6-4-3-5-7-17)25-20(22-13)19(14(2)24-25)15-8-10-16(21)11-9-15/h8-12,17,23H,3-7H2,1-2H3. The fourth-order valence-electron chi connectivity index (χ4n) is 3.76. The maximum atomic E-state index is 6.04. The number of rotatable bonds is 3. The summed E-state index contributed by atoms with van der Waals surface area (Å²) in [6, 6.07) is 10.5. The number of halogens is 1. The molecule has 0 unspecified atom stereocenters. The van der Waals surface area contributed by atoms with Crippen molar-refractivity contribution in [2.24, 2.45) is 0 Å². The summed E-state index contributed by atoms with van der Waals surface area (Å²) in [5.41, 5.74) is 5.05. The normalized spacial score (nSPS) is 15.6. The van der Waals surface area contributed by atoms with E-state index >= 15 is 0 Å². The van der Waals surface area contributed by atoms with Gasteiger partial charge >= 0.3 is 0 Å². The van der Waals surface area contributed by atoms with Gasteiger partial charge in [-0.2, -0.15) is 9.61 Å². The predicted molar refractivity (Wildman–Crippen MR) is 103 cm³/mol. The lowest BCUT2D eigenvalue weighted by Crippen LogP contribution is -2.24. The van der Waals surface area contributed by atoms with E-state index in [0.717, 1.165) is 39.0 Å². The molecular formula is C20H23ClN4. The Kier molecular flexibility index (Phi) is 4.38. The number of aryl methyl sites for hydroxylation is 2. The Morgan fingerprint density at radius 2 is 1.80 bits per heavy atom. The van der Waals surface area contributed by atoms with Crippen molar-refractivity contribution in [1.29, 1.82) is 0 Å². The second kappa shape index (κ2) is 6.68. The molecule has 4 rings (SSSR count). The van der Waals surface area contributed by atoms with Crippen LogP contribution in [0.4, 0.5) is 5.82 Å². The zero-order chi connectivity index (χ0) is 17.4. The summed E-state index contributed by atoms with van der Waals surface area (Å²) in [6.07, 6.45) is 6.42. The molecule has 130 valence electrons. The first kappa shape index (κ1) is 16.4. The van der Waals surface area contributed by atoms with Gasteiger partial charge in [0.1, 0.15) is 5.82 Å². The Morgan fingerprint density at radius 3 is 2.52 bits per heavy atom. The van der Waals surface area contributed by atoms with E-state index in [9.17, 15) is 0 Å². The first-order valence-electron chi connectivity index (χ1n) is 9.01. The summed E-state index contributed by atoms with van der Waals surface area (Å²) in [5, 5.41) is 9.22. The highest BCUT2D eigenvalue weighted by atomic mass is 35.5. The molecule has 1 N–H and O–H groups in total. The van der Waals surface area contributed by atoms with E-state index in [1.165, 1.54) is 32.1 Å². The van der Waals surface area contributed by atoms with E-state index < -0.39 is 0 Å². The molecule has 0 bridgehead atoms. The van der Waals surface area contributed by atoms with Crippen LogP contribution in [-0.2, 0) is 0 Å². The molecule has 4 nitrogen and oxygen atoms in total. The highest BCUT2D eigenvalue weighted by molar-refractivity contribution is 6.30. The first-order chi connectivity index (χ1) is 12.1. The van der Waals surface area contributed by atoms with Gasteiger partial charge in [0.2, 0.25) is 0 Å². The van der Waals surface area contributed by atoms with Crippen LogP contribution in [0.2, 0.25) is 5.02 Å². The number of fused-ring (bicyclic) bond motifs is 1. The van der Waals surface area contributed by atoms with Crippen molar-refractivity contribution in [3.63, 3.8) is 0 Å². The minimum absolute atomic E-state index is 0.530. The smallest absolute Gasteiger partial charge is 0.165 e. The molecule has 0 radical (unpaired) electrons. The lowest BCUT2D eigenvalue weighted by atomic mass is 9.95. The van der Waals surface area contributed by atoms with E-state index in [4.69, 9.17) is 21.7 Å². The van der Waals surface area contributed by atoms with Crippen LogP contribution < -0.4 is 5.32 Å². The molecule has 1 saturated carbocycles. The minimum Gasteiger partial charge on any atom is -0.367 e. The molecule has 2 heterocycles. The SMILES string of the molecule is Cc1cc(NC2CCCCC2)n2nc(C)c(-c3ccc(Cl)cc3)c2n1. The molecule has 0 saturated heterocycles. The molecule has 0 atom stereocenters. The Morgan fingerprint density at radius 1 is 1.08 bits per heavy atom. The molecule has 25 heavy (non-hydrogen) atoms. The van der Waals surface area contributed by atoms with Crippen LogP contribution in [0.1, 0.15) is 43.5 Å². The van der Waals surface area contributed by atoms with Gasteiger partial charge in [-0.15, -0.1) is 0 Å². The van der Waals surface area contributed by atoms with Crippen molar-refractivity contribution in [2.75, 3.05) is 5.32 Å². The van der Waals surface area contributed by atoms with Crippen molar-refractivity contribution in [3.05, 3.63) is 46.7 Å². The second-order valence-electron chi connectivity index (χ2n) is 6.96. The minimum atomic E-state index is 0.530. The highest BCUT2D eigenvalue weighted by Gasteiger charge is 2.19. The Hall–Kier alpha value is -2.07. The van der Waals surface area contributed by atoms with E-state index in [0.29, 0.717) is 6.04 Å². The van der Waals surface area contributed by atoms with Crippen LogP contribution in [-0.4, -0.2) is 20.6 Å². The quantitative estimate of drug-likeness (QED) is 0.683. The Labute approximate surface area is 153 Å². The molecule has 1 aromatic carbocycles. The molecule has 0 aliphatic heterocycles. The number of aromatic nitrogens is 3. The van der Waals surface area contributed by atoms with Gasteiger partial charge in [-0.05, 0) is 44.4 Å². The molecule has 0 spiro atoms. The highest BCUT2D eigenvalue weighted by Crippen LogP contribution is 2.31.